The number of carbonyl (C=O) groups is 1. The molecule has 2 aromatic rings. The summed E-state index contributed by atoms with van der Waals surface area (Å²) in [5.74, 6) is -0.354. The van der Waals surface area contributed by atoms with Gasteiger partial charge < -0.3 is 15.3 Å². The fourth-order valence-corrected chi connectivity index (χ4v) is 3.22. The third-order valence-corrected chi connectivity index (χ3v) is 4.51. The molecule has 0 saturated carbocycles. The van der Waals surface area contributed by atoms with E-state index in [9.17, 15) is 9.18 Å². The van der Waals surface area contributed by atoms with Crippen LogP contribution in [0, 0.1) is 5.82 Å². The van der Waals surface area contributed by atoms with E-state index in [1.807, 2.05) is 24.4 Å². The average Bonchev–Trinajstić information content (AvgIpc) is 2.99. The highest BCUT2D eigenvalue weighted by Crippen LogP contribution is 2.30. The van der Waals surface area contributed by atoms with Crippen molar-refractivity contribution in [2.45, 2.75) is 32.2 Å². The second-order valence-corrected chi connectivity index (χ2v) is 6.25. The smallest absolute Gasteiger partial charge is 0.404 e. The molecule has 1 aliphatic heterocycles. The number of aromatic nitrogens is 1. The van der Waals surface area contributed by atoms with E-state index in [-0.39, 0.29) is 12.4 Å². The Morgan fingerprint density at radius 3 is 2.96 bits per heavy atom. The van der Waals surface area contributed by atoms with Crippen LogP contribution >= 0.6 is 0 Å². The molecule has 0 fully saturated rings. The maximum absolute atomic E-state index is 14.2. The summed E-state index contributed by atoms with van der Waals surface area (Å²) in [6, 6.07) is 9.28. The van der Waals surface area contributed by atoms with E-state index in [1.165, 1.54) is 0 Å². The van der Waals surface area contributed by atoms with E-state index in [0.717, 1.165) is 55.7 Å². The molecular formula is C19H22FN3O2. The van der Waals surface area contributed by atoms with Gasteiger partial charge in [0, 0.05) is 42.8 Å². The van der Waals surface area contributed by atoms with Crippen LogP contribution in [0.15, 0.2) is 36.5 Å². The van der Waals surface area contributed by atoms with Crippen molar-refractivity contribution >= 4 is 11.8 Å². The van der Waals surface area contributed by atoms with Crippen LogP contribution in [0.3, 0.4) is 0 Å². The van der Waals surface area contributed by atoms with Gasteiger partial charge in [-0.05, 0) is 55.5 Å². The maximum Gasteiger partial charge on any atom is 0.404 e. The molecule has 2 heterocycles. The number of fused-ring (bicyclic) bond motifs is 1. The minimum absolute atomic E-state index is 0.00147. The van der Waals surface area contributed by atoms with Gasteiger partial charge in [-0.15, -0.1) is 0 Å². The van der Waals surface area contributed by atoms with Gasteiger partial charge in [0.05, 0.1) is 0 Å². The third-order valence-electron chi connectivity index (χ3n) is 4.51. The third kappa shape index (κ3) is 4.47. The van der Waals surface area contributed by atoms with Crippen LogP contribution in [0.25, 0.3) is 0 Å². The van der Waals surface area contributed by atoms with E-state index in [2.05, 4.69) is 15.2 Å². The van der Waals surface area contributed by atoms with Gasteiger partial charge in [-0.25, -0.2) is 9.18 Å². The van der Waals surface area contributed by atoms with Crippen LogP contribution in [-0.4, -0.2) is 29.3 Å². The Morgan fingerprint density at radius 1 is 1.32 bits per heavy atom. The first kappa shape index (κ1) is 17.2. The molecule has 2 N–H and O–H groups in total. The second kappa shape index (κ2) is 7.96. The molecule has 0 unspecified atom stereocenters. The number of nitrogens with zero attached hydrogens (tertiary/aromatic N) is 2. The first-order valence-corrected chi connectivity index (χ1v) is 8.56. The van der Waals surface area contributed by atoms with Gasteiger partial charge in [0.1, 0.15) is 5.82 Å². The lowest BCUT2D eigenvalue weighted by molar-refractivity contribution is 0.194. The Balaban J connectivity index is 1.54. The molecule has 5 nitrogen and oxygen atoms in total. The summed E-state index contributed by atoms with van der Waals surface area (Å²) in [6.45, 7) is 1.78. The molecule has 1 aliphatic rings. The summed E-state index contributed by atoms with van der Waals surface area (Å²) in [5.41, 5.74) is 3.53. The monoisotopic (exact) mass is 343 g/mol. The van der Waals surface area contributed by atoms with Crippen molar-refractivity contribution in [3.63, 3.8) is 0 Å². The van der Waals surface area contributed by atoms with Crippen molar-refractivity contribution in [2.24, 2.45) is 0 Å². The Kier molecular flexibility index (Phi) is 5.48. The molecule has 132 valence electrons. The van der Waals surface area contributed by atoms with Crippen molar-refractivity contribution in [1.82, 2.24) is 10.3 Å². The molecule has 1 aromatic heterocycles. The van der Waals surface area contributed by atoms with Crippen molar-refractivity contribution < 1.29 is 14.3 Å². The predicted octanol–water partition coefficient (Wildman–Crippen LogP) is 3.37. The molecule has 0 aliphatic carbocycles. The number of aryl methyl sites for hydroxylation is 1. The summed E-state index contributed by atoms with van der Waals surface area (Å²) in [6.07, 6.45) is 4.57. The Morgan fingerprint density at radius 2 is 2.20 bits per heavy atom. The SMILES string of the molecule is O=C(O)NCc1cc2c(cc1F)N(CCCCc1ccccn1)CC2. The summed E-state index contributed by atoms with van der Waals surface area (Å²) in [4.78, 5) is 17.1. The first-order valence-electron chi connectivity index (χ1n) is 8.56. The number of amides is 1. The standard InChI is InChI=1S/C19H22FN3O2/c20-17-12-18-14(11-15(17)13-22-19(24)25)7-10-23(18)9-4-2-6-16-5-1-3-8-21-16/h1,3,5,8,11-12,22H,2,4,6-7,9-10,13H2,(H,24,25). The van der Waals surface area contributed by atoms with Crippen molar-refractivity contribution in [2.75, 3.05) is 18.0 Å². The quantitative estimate of drug-likeness (QED) is 0.757. The van der Waals surface area contributed by atoms with E-state index < -0.39 is 6.09 Å². The Labute approximate surface area is 146 Å². The van der Waals surface area contributed by atoms with Crippen LogP contribution in [0.1, 0.15) is 29.7 Å². The zero-order chi connectivity index (χ0) is 17.6. The number of unbranched alkanes of at least 4 members (excludes halogenated alkanes) is 1. The number of carboxylic acid groups (broad SMARTS) is 1. The number of hydrogen-bond donors (Lipinski definition) is 2. The summed E-state index contributed by atoms with van der Waals surface area (Å²) < 4.78 is 14.2. The molecule has 1 amide bonds. The molecule has 1 aromatic carbocycles. The van der Waals surface area contributed by atoms with Gasteiger partial charge in [-0.2, -0.15) is 0 Å². The van der Waals surface area contributed by atoms with Gasteiger partial charge in [0.15, 0.2) is 0 Å². The minimum atomic E-state index is -1.14. The highest BCUT2D eigenvalue weighted by Gasteiger charge is 2.21. The summed E-state index contributed by atoms with van der Waals surface area (Å²) in [5, 5.41) is 10.9. The summed E-state index contributed by atoms with van der Waals surface area (Å²) >= 11 is 0. The fourth-order valence-electron chi connectivity index (χ4n) is 3.22. The lowest BCUT2D eigenvalue weighted by atomic mass is 10.1. The molecule has 0 spiro atoms. The number of anilines is 1. The van der Waals surface area contributed by atoms with Crippen molar-refractivity contribution in [3.8, 4) is 0 Å². The fraction of sp³-hybridized carbons (Fsp3) is 0.368. The topological polar surface area (TPSA) is 65.5 Å². The lowest BCUT2D eigenvalue weighted by Gasteiger charge is -2.20. The van der Waals surface area contributed by atoms with Crippen molar-refractivity contribution in [1.29, 1.82) is 0 Å². The van der Waals surface area contributed by atoms with E-state index in [0.29, 0.717) is 5.56 Å². The van der Waals surface area contributed by atoms with E-state index in [1.54, 1.807) is 12.1 Å². The van der Waals surface area contributed by atoms with Gasteiger partial charge >= 0.3 is 6.09 Å². The number of benzene rings is 1. The number of rotatable bonds is 7. The number of pyridine rings is 1. The molecule has 0 bridgehead atoms. The number of halogens is 1. The average molecular weight is 343 g/mol. The zero-order valence-corrected chi connectivity index (χ0v) is 14.0. The van der Waals surface area contributed by atoms with Crippen molar-refractivity contribution in [3.05, 3.63) is 59.2 Å². The second-order valence-electron chi connectivity index (χ2n) is 6.25. The normalized spacial score (nSPS) is 12.9. The highest BCUT2D eigenvalue weighted by atomic mass is 19.1. The van der Waals surface area contributed by atoms with E-state index >= 15 is 0 Å². The summed E-state index contributed by atoms with van der Waals surface area (Å²) in [7, 11) is 0. The van der Waals surface area contributed by atoms with Crippen LogP contribution < -0.4 is 10.2 Å². The predicted molar refractivity (Wildman–Crippen MR) is 94.4 cm³/mol. The molecule has 3 rings (SSSR count). The molecular weight excluding hydrogens is 321 g/mol. The van der Waals surface area contributed by atoms with E-state index in [4.69, 9.17) is 5.11 Å². The lowest BCUT2D eigenvalue weighted by Crippen LogP contribution is -2.22. The van der Waals surface area contributed by atoms with Crippen LogP contribution in [0.2, 0.25) is 0 Å². The van der Waals surface area contributed by atoms with Gasteiger partial charge in [-0.3, -0.25) is 4.98 Å². The number of nitrogens with one attached hydrogen (secondary N) is 1. The highest BCUT2D eigenvalue weighted by molar-refractivity contribution is 5.65. The maximum atomic E-state index is 14.2. The van der Waals surface area contributed by atoms with Gasteiger partial charge in [0.2, 0.25) is 0 Å². The molecule has 0 radical (unpaired) electrons. The largest absolute Gasteiger partial charge is 0.465 e. The molecule has 0 saturated heterocycles. The Bertz CT molecular complexity index is 737. The van der Waals surface area contributed by atoms with Gasteiger partial charge in [-0.1, -0.05) is 6.07 Å². The minimum Gasteiger partial charge on any atom is -0.465 e. The molecule has 0 atom stereocenters. The molecule has 25 heavy (non-hydrogen) atoms. The number of hydrogen-bond acceptors (Lipinski definition) is 3. The van der Waals surface area contributed by atoms with Crippen LogP contribution in [0.5, 0.6) is 0 Å². The van der Waals surface area contributed by atoms with Crippen LogP contribution in [-0.2, 0) is 19.4 Å². The Hall–Kier alpha value is -2.63. The van der Waals surface area contributed by atoms with Crippen LogP contribution in [0.4, 0.5) is 14.9 Å². The first-order chi connectivity index (χ1) is 12.1. The van der Waals surface area contributed by atoms with Gasteiger partial charge in [0.25, 0.3) is 0 Å². The zero-order valence-electron chi connectivity index (χ0n) is 14.0. The molecule has 6 heteroatoms.